The molecule has 6 nitrogen and oxygen atoms in total. The summed E-state index contributed by atoms with van der Waals surface area (Å²) in [7, 11) is 0. The predicted octanol–water partition coefficient (Wildman–Crippen LogP) is 1.87. The van der Waals surface area contributed by atoms with Crippen molar-refractivity contribution < 1.29 is 9.21 Å². The van der Waals surface area contributed by atoms with Crippen LogP contribution in [0.15, 0.2) is 35.0 Å². The van der Waals surface area contributed by atoms with Crippen LogP contribution < -0.4 is 4.90 Å². The highest BCUT2D eigenvalue weighted by Gasteiger charge is 2.45. The van der Waals surface area contributed by atoms with Gasteiger partial charge in [0.15, 0.2) is 5.76 Å². The molecule has 2 atom stereocenters. The molecule has 2 aliphatic heterocycles. The highest BCUT2D eigenvalue weighted by Crippen LogP contribution is 2.34. The van der Waals surface area contributed by atoms with Gasteiger partial charge < -0.3 is 14.2 Å². The van der Waals surface area contributed by atoms with Gasteiger partial charge in [0.2, 0.25) is 5.95 Å². The van der Waals surface area contributed by atoms with E-state index in [-0.39, 0.29) is 11.9 Å². The molecule has 0 N–H and O–H groups in total. The molecule has 2 aromatic rings. The smallest absolute Gasteiger partial charge is 0.289 e. The van der Waals surface area contributed by atoms with Gasteiger partial charge in [0.05, 0.1) is 12.1 Å². The van der Waals surface area contributed by atoms with Crippen LogP contribution in [0.2, 0.25) is 0 Å². The average molecular weight is 298 g/mol. The Labute approximate surface area is 128 Å². The molecule has 2 fully saturated rings. The van der Waals surface area contributed by atoms with Gasteiger partial charge in [-0.2, -0.15) is 0 Å². The number of anilines is 1. The number of nitrogens with zero attached hydrogens (tertiary/aromatic N) is 4. The topological polar surface area (TPSA) is 62.5 Å². The first kappa shape index (κ1) is 13.3. The number of hydrogen-bond donors (Lipinski definition) is 0. The maximum absolute atomic E-state index is 12.6. The van der Waals surface area contributed by atoms with E-state index in [0.29, 0.717) is 11.8 Å². The first-order chi connectivity index (χ1) is 10.7. The Morgan fingerprint density at radius 1 is 1.18 bits per heavy atom. The second-order valence-corrected chi connectivity index (χ2v) is 5.86. The minimum Gasteiger partial charge on any atom is -0.456 e. The quantitative estimate of drug-likeness (QED) is 0.847. The SMILES string of the molecule is Cc1ccc(C(=O)N2CC[C@H]3[C@H]2CCN3c2ncccn2)o1. The minimum atomic E-state index is -0.00331. The molecule has 2 aliphatic rings. The zero-order chi connectivity index (χ0) is 15.1. The molecule has 0 saturated carbocycles. The van der Waals surface area contributed by atoms with E-state index in [9.17, 15) is 4.79 Å². The highest BCUT2D eigenvalue weighted by molar-refractivity contribution is 5.92. The van der Waals surface area contributed by atoms with E-state index in [0.717, 1.165) is 37.6 Å². The number of aryl methyl sites for hydroxylation is 1. The number of aromatic nitrogens is 2. The lowest BCUT2D eigenvalue weighted by atomic mass is 10.1. The van der Waals surface area contributed by atoms with Crippen molar-refractivity contribution in [1.29, 1.82) is 0 Å². The molecule has 114 valence electrons. The summed E-state index contributed by atoms with van der Waals surface area (Å²) in [5.41, 5.74) is 0. The van der Waals surface area contributed by atoms with Crippen LogP contribution in [-0.2, 0) is 0 Å². The Hall–Kier alpha value is -2.37. The molecule has 0 unspecified atom stereocenters. The van der Waals surface area contributed by atoms with Crippen molar-refractivity contribution in [2.45, 2.75) is 31.8 Å². The minimum absolute atomic E-state index is 0.00331. The van der Waals surface area contributed by atoms with Gasteiger partial charge in [0.25, 0.3) is 5.91 Å². The summed E-state index contributed by atoms with van der Waals surface area (Å²) in [6.07, 6.45) is 5.43. The maximum atomic E-state index is 12.6. The number of likely N-dealkylation sites (tertiary alicyclic amines) is 1. The van der Waals surface area contributed by atoms with Crippen LogP contribution in [0.4, 0.5) is 5.95 Å². The molecule has 4 rings (SSSR count). The molecule has 22 heavy (non-hydrogen) atoms. The van der Waals surface area contributed by atoms with Gasteiger partial charge in [-0.05, 0) is 38.0 Å². The van der Waals surface area contributed by atoms with Gasteiger partial charge in [-0.3, -0.25) is 4.79 Å². The normalized spacial score (nSPS) is 23.9. The Bertz CT molecular complexity index is 684. The number of amides is 1. The van der Waals surface area contributed by atoms with Crippen LogP contribution in [-0.4, -0.2) is 45.9 Å². The van der Waals surface area contributed by atoms with Gasteiger partial charge >= 0.3 is 0 Å². The fraction of sp³-hybridized carbons (Fsp3) is 0.438. The second-order valence-electron chi connectivity index (χ2n) is 5.86. The molecule has 1 amide bonds. The summed E-state index contributed by atoms with van der Waals surface area (Å²) in [4.78, 5) is 25.5. The Morgan fingerprint density at radius 3 is 2.68 bits per heavy atom. The average Bonchev–Trinajstić information content (AvgIpc) is 3.23. The molecule has 2 aromatic heterocycles. The number of carbonyl (C=O) groups is 1. The lowest BCUT2D eigenvalue weighted by Gasteiger charge is -2.25. The Balaban J connectivity index is 1.54. The molecule has 0 bridgehead atoms. The van der Waals surface area contributed by atoms with E-state index in [1.807, 2.05) is 24.0 Å². The van der Waals surface area contributed by atoms with Crippen LogP contribution in [0.1, 0.15) is 29.2 Å². The van der Waals surface area contributed by atoms with E-state index in [1.54, 1.807) is 18.5 Å². The summed E-state index contributed by atoms with van der Waals surface area (Å²) in [6.45, 7) is 3.51. The molecule has 0 aliphatic carbocycles. The number of furan rings is 1. The van der Waals surface area contributed by atoms with E-state index < -0.39 is 0 Å². The van der Waals surface area contributed by atoms with E-state index >= 15 is 0 Å². The standard InChI is InChI=1S/C16H18N4O2/c1-11-3-4-14(22-11)15(21)19-9-5-13-12(19)6-10-20(13)16-17-7-2-8-18-16/h2-4,7-8,12-13H,5-6,9-10H2,1H3/t12-,13+/m1/s1. The van der Waals surface area contributed by atoms with Crippen LogP contribution in [0.25, 0.3) is 0 Å². The zero-order valence-electron chi connectivity index (χ0n) is 12.5. The fourth-order valence-corrected chi connectivity index (χ4v) is 3.62. The largest absolute Gasteiger partial charge is 0.456 e. The highest BCUT2D eigenvalue weighted by atomic mass is 16.3. The van der Waals surface area contributed by atoms with Gasteiger partial charge in [-0.25, -0.2) is 9.97 Å². The first-order valence-corrected chi connectivity index (χ1v) is 7.65. The number of fused-ring (bicyclic) bond motifs is 1. The second kappa shape index (κ2) is 5.12. The van der Waals surface area contributed by atoms with E-state index in [2.05, 4.69) is 14.9 Å². The molecule has 0 radical (unpaired) electrons. The third-order valence-corrected chi connectivity index (χ3v) is 4.60. The van der Waals surface area contributed by atoms with E-state index in [4.69, 9.17) is 4.42 Å². The number of hydrogen-bond acceptors (Lipinski definition) is 5. The summed E-state index contributed by atoms with van der Waals surface area (Å²) in [5.74, 6) is 1.96. The fourth-order valence-electron chi connectivity index (χ4n) is 3.62. The summed E-state index contributed by atoms with van der Waals surface area (Å²) in [6, 6.07) is 5.95. The monoisotopic (exact) mass is 298 g/mol. The van der Waals surface area contributed by atoms with Crippen molar-refractivity contribution >= 4 is 11.9 Å². The van der Waals surface area contributed by atoms with Crippen molar-refractivity contribution in [3.8, 4) is 0 Å². The van der Waals surface area contributed by atoms with Crippen molar-refractivity contribution in [2.24, 2.45) is 0 Å². The third-order valence-electron chi connectivity index (χ3n) is 4.60. The van der Waals surface area contributed by atoms with E-state index in [1.165, 1.54) is 0 Å². The lowest BCUT2D eigenvalue weighted by molar-refractivity contribution is 0.0704. The van der Waals surface area contributed by atoms with Crippen molar-refractivity contribution in [1.82, 2.24) is 14.9 Å². The Morgan fingerprint density at radius 2 is 1.95 bits per heavy atom. The number of carbonyl (C=O) groups excluding carboxylic acids is 1. The van der Waals surface area contributed by atoms with Gasteiger partial charge in [-0.1, -0.05) is 0 Å². The van der Waals surface area contributed by atoms with Crippen LogP contribution in [0.3, 0.4) is 0 Å². The van der Waals surface area contributed by atoms with Crippen molar-refractivity contribution in [3.05, 3.63) is 42.1 Å². The first-order valence-electron chi connectivity index (χ1n) is 7.65. The van der Waals surface area contributed by atoms with Crippen LogP contribution in [0, 0.1) is 6.92 Å². The van der Waals surface area contributed by atoms with Gasteiger partial charge in [0.1, 0.15) is 5.76 Å². The molecule has 2 saturated heterocycles. The zero-order valence-corrected chi connectivity index (χ0v) is 12.5. The van der Waals surface area contributed by atoms with Crippen LogP contribution >= 0.6 is 0 Å². The van der Waals surface area contributed by atoms with Gasteiger partial charge in [-0.15, -0.1) is 0 Å². The molecule has 0 spiro atoms. The third kappa shape index (κ3) is 2.06. The summed E-state index contributed by atoms with van der Waals surface area (Å²) >= 11 is 0. The predicted molar refractivity (Wildman–Crippen MR) is 80.7 cm³/mol. The maximum Gasteiger partial charge on any atom is 0.289 e. The molecular weight excluding hydrogens is 280 g/mol. The molecule has 6 heteroatoms. The van der Waals surface area contributed by atoms with Crippen molar-refractivity contribution in [2.75, 3.05) is 18.0 Å². The molecule has 4 heterocycles. The summed E-state index contributed by atoms with van der Waals surface area (Å²) < 4.78 is 5.49. The number of rotatable bonds is 2. The Kier molecular flexibility index (Phi) is 3.10. The summed E-state index contributed by atoms with van der Waals surface area (Å²) in [5, 5.41) is 0. The molecule has 0 aromatic carbocycles. The van der Waals surface area contributed by atoms with Crippen LogP contribution in [0.5, 0.6) is 0 Å². The lowest BCUT2D eigenvalue weighted by Crippen LogP contribution is -2.40. The van der Waals surface area contributed by atoms with Gasteiger partial charge in [0, 0.05) is 25.5 Å². The molecular formula is C16H18N4O2. The van der Waals surface area contributed by atoms with Crippen molar-refractivity contribution in [3.63, 3.8) is 0 Å².